The average Bonchev–Trinajstić information content (AvgIpc) is 2.59. The second-order valence-corrected chi connectivity index (χ2v) is 5.54. The molecule has 1 aliphatic rings. The fourth-order valence-electron chi connectivity index (χ4n) is 2.56. The maximum Gasteiger partial charge on any atom is 0.148 e. The summed E-state index contributed by atoms with van der Waals surface area (Å²) < 4.78 is 11.4. The van der Waals surface area contributed by atoms with E-state index in [9.17, 15) is 0 Å². The molecule has 0 aliphatic carbocycles. The number of hydrogen-bond acceptors (Lipinski definition) is 5. The van der Waals surface area contributed by atoms with Gasteiger partial charge in [-0.05, 0) is 42.8 Å². The highest BCUT2D eigenvalue weighted by molar-refractivity contribution is 5.65. The minimum absolute atomic E-state index is 0.225. The highest BCUT2D eigenvalue weighted by Gasteiger charge is 2.15. The van der Waals surface area contributed by atoms with Crippen molar-refractivity contribution in [2.24, 2.45) is 0 Å². The third-order valence-corrected chi connectivity index (χ3v) is 3.85. The maximum atomic E-state index is 9.13. The molecule has 23 heavy (non-hydrogen) atoms. The van der Waals surface area contributed by atoms with Gasteiger partial charge in [-0.1, -0.05) is 0 Å². The number of hydrogen-bond donors (Lipinski definition) is 1. The normalized spacial score (nSPS) is 15.0. The third-order valence-electron chi connectivity index (χ3n) is 3.85. The van der Waals surface area contributed by atoms with Crippen molar-refractivity contribution in [2.45, 2.75) is 25.9 Å². The van der Waals surface area contributed by atoms with Crippen LogP contribution in [0.15, 0.2) is 36.5 Å². The van der Waals surface area contributed by atoms with Crippen LogP contribution in [0.5, 0.6) is 5.75 Å². The lowest BCUT2D eigenvalue weighted by Gasteiger charge is -2.23. The predicted molar refractivity (Wildman–Crippen MR) is 87.9 cm³/mol. The van der Waals surface area contributed by atoms with E-state index in [4.69, 9.17) is 14.7 Å². The van der Waals surface area contributed by atoms with E-state index in [1.54, 1.807) is 18.3 Å². The van der Waals surface area contributed by atoms with Crippen molar-refractivity contribution >= 4 is 11.5 Å². The Bertz CT molecular complexity index is 718. The monoisotopic (exact) mass is 309 g/mol. The predicted octanol–water partition coefficient (Wildman–Crippen LogP) is 3.56. The summed E-state index contributed by atoms with van der Waals surface area (Å²) >= 11 is 0. The van der Waals surface area contributed by atoms with Crippen molar-refractivity contribution in [2.75, 3.05) is 18.5 Å². The van der Waals surface area contributed by atoms with Crippen LogP contribution in [0.2, 0.25) is 0 Å². The standard InChI is InChI=1S/C18H19N3O2/c1-13-11-16(23-15-6-9-22-10-7-15)4-5-17(13)21-18-14(12-19)3-2-8-20-18/h2-5,8,11,15H,6-7,9-10H2,1H3,(H,20,21). The molecule has 0 spiro atoms. The molecule has 1 aromatic carbocycles. The largest absolute Gasteiger partial charge is 0.490 e. The first-order valence-corrected chi connectivity index (χ1v) is 7.73. The number of rotatable bonds is 4. The summed E-state index contributed by atoms with van der Waals surface area (Å²) in [6.07, 6.45) is 3.75. The van der Waals surface area contributed by atoms with Gasteiger partial charge in [-0.25, -0.2) is 4.98 Å². The fraction of sp³-hybridized carbons (Fsp3) is 0.333. The lowest BCUT2D eigenvalue weighted by Crippen LogP contribution is -2.25. The Morgan fingerprint density at radius 2 is 2.13 bits per heavy atom. The molecule has 1 N–H and O–H groups in total. The van der Waals surface area contributed by atoms with Crippen LogP contribution in [0.3, 0.4) is 0 Å². The molecule has 0 amide bonds. The highest BCUT2D eigenvalue weighted by atomic mass is 16.5. The van der Waals surface area contributed by atoms with Crippen LogP contribution in [-0.2, 0) is 4.74 Å². The Labute approximate surface area is 135 Å². The van der Waals surface area contributed by atoms with E-state index in [0.717, 1.165) is 43.1 Å². The van der Waals surface area contributed by atoms with Crippen LogP contribution in [0.1, 0.15) is 24.0 Å². The summed E-state index contributed by atoms with van der Waals surface area (Å²) in [7, 11) is 0. The van der Waals surface area contributed by atoms with Crippen LogP contribution in [0, 0.1) is 18.3 Å². The summed E-state index contributed by atoms with van der Waals surface area (Å²) in [5.41, 5.74) is 2.48. The van der Waals surface area contributed by atoms with Crippen molar-refractivity contribution < 1.29 is 9.47 Å². The number of ether oxygens (including phenoxy) is 2. The number of anilines is 2. The number of nitriles is 1. The van der Waals surface area contributed by atoms with E-state index < -0.39 is 0 Å². The molecule has 0 atom stereocenters. The van der Waals surface area contributed by atoms with Gasteiger partial charge in [-0.3, -0.25) is 0 Å². The molecule has 2 aromatic rings. The van der Waals surface area contributed by atoms with E-state index >= 15 is 0 Å². The third kappa shape index (κ3) is 3.79. The van der Waals surface area contributed by atoms with Gasteiger partial charge in [0.05, 0.1) is 18.8 Å². The summed E-state index contributed by atoms with van der Waals surface area (Å²) in [5.74, 6) is 1.43. The second kappa shape index (κ2) is 7.12. The van der Waals surface area contributed by atoms with Gasteiger partial charge in [0.2, 0.25) is 0 Å². The molecule has 1 aliphatic heterocycles. The van der Waals surface area contributed by atoms with Crippen LogP contribution < -0.4 is 10.1 Å². The van der Waals surface area contributed by atoms with Gasteiger partial charge in [0.25, 0.3) is 0 Å². The van der Waals surface area contributed by atoms with Crippen molar-refractivity contribution in [1.29, 1.82) is 5.26 Å². The number of benzene rings is 1. The first kappa shape index (κ1) is 15.3. The second-order valence-electron chi connectivity index (χ2n) is 5.54. The van der Waals surface area contributed by atoms with E-state index in [1.165, 1.54) is 0 Å². The van der Waals surface area contributed by atoms with Gasteiger partial charge in [0, 0.05) is 24.7 Å². The average molecular weight is 309 g/mol. The molecule has 0 saturated carbocycles. The maximum absolute atomic E-state index is 9.13. The number of pyridine rings is 1. The molecular weight excluding hydrogens is 290 g/mol. The molecule has 0 bridgehead atoms. The molecule has 3 rings (SSSR count). The van der Waals surface area contributed by atoms with Crippen molar-refractivity contribution in [3.8, 4) is 11.8 Å². The van der Waals surface area contributed by atoms with Crippen LogP contribution >= 0.6 is 0 Å². The first-order valence-electron chi connectivity index (χ1n) is 7.73. The van der Waals surface area contributed by atoms with Gasteiger partial charge in [0.1, 0.15) is 23.7 Å². The molecule has 1 aromatic heterocycles. The molecule has 118 valence electrons. The van der Waals surface area contributed by atoms with E-state index in [1.807, 2.05) is 25.1 Å². The topological polar surface area (TPSA) is 67.2 Å². The Kier molecular flexibility index (Phi) is 4.74. The van der Waals surface area contributed by atoms with Gasteiger partial charge < -0.3 is 14.8 Å². The van der Waals surface area contributed by atoms with Crippen molar-refractivity contribution in [1.82, 2.24) is 4.98 Å². The molecule has 0 radical (unpaired) electrons. The van der Waals surface area contributed by atoms with Gasteiger partial charge >= 0.3 is 0 Å². The molecule has 5 heteroatoms. The smallest absolute Gasteiger partial charge is 0.148 e. The van der Waals surface area contributed by atoms with E-state index in [-0.39, 0.29) is 6.10 Å². The van der Waals surface area contributed by atoms with Crippen LogP contribution in [0.25, 0.3) is 0 Å². The van der Waals surface area contributed by atoms with Crippen molar-refractivity contribution in [3.63, 3.8) is 0 Å². The summed E-state index contributed by atoms with van der Waals surface area (Å²) in [6.45, 7) is 3.54. The van der Waals surface area contributed by atoms with Gasteiger partial charge in [-0.15, -0.1) is 0 Å². The molecular formula is C18H19N3O2. The minimum atomic E-state index is 0.225. The van der Waals surface area contributed by atoms with Crippen LogP contribution in [0.4, 0.5) is 11.5 Å². The van der Waals surface area contributed by atoms with Crippen LogP contribution in [-0.4, -0.2) is 24.3 Å². The minimum Gasteiger partial charge on any atom is -0.490 e. The summed E-state index contributed by atoms with van der Waals surface area (Å²) in [4.78, 5) is 4.22. The first-order chi connectivity index (χ1) is 11.3. The number of aryl methyl sites for hydroxylation is 1. The Hall–Kier alpha value is -2.58. The summed E-state index contributed by atoms with van der Waals surface area (Å²) in [5, 5.41) is 12.3. The molecule has 5 nitrogen and oxygen atoms in total. The van der Waals surface area contributed by atoms with E-state index in [0.29, 0.717) is 11.4 Å². The zero-order valence-electron chi connectivity index (χ0n) is 13.1. The lowest BCUT2D eigenvalue weighted by atomic mass is 10.1. The van der Waals surface area contributed by atoms with E-state index in [2.05, 4.69) is 16.4 Å². The van der Waals surface area contributed by atoms with Gasteiger partial charge in [0.15, 0.2) is 0 Å². The zero-order valence-corrected chi connectivity index (χ0v) is 13.1. The highest BCUT2D eigenvalue weighted by Crippen LogP contribution is 2.26. The Balaban J connectivity index is 1.73. The molecule has 1 saturated heterocycles. The summed E-state index contributed by atoms with van der Waals surface area (Å²) in [6, 6.07) is 11.5. The molecule has 0 unspecified atom stereocenters. The van der Waals surface area contributed by atoms with Gasteiger partial charge in [-0.2, -0.15) is 5.26 Å². The number of aromatic nitrogens is 1. The Morgan fingerprint density at radius 1 is 1.30 bits per heavy atom. The Morgan fingerprint density at radius 3 is 2.87 bits per heavy atom. The fourth-order valence-corrected chi connectivity index (χ4v) is 2.56. The SMILES string of the molecule is Cc1cc(OC2CCOCC2)ccc1Nc1ncccc1C#N. The molecule has 2 heterocycles. The zero-order chi connectivity index (χ0) is 16.1. The number of nitrogens with zero attached hydrogens (tertiary/aromatic N) is 2. The quantitative estimate of drug-likeness (QED) is 0.935. The van der Waals surface area contributed by atoms with Crippen molar-refractivity contribution in [3.05, 3.63) is 47.7 Å². The molecule has 1 fully saturated rings. The lowest BCUT2D eigenvalue weighted by molar-refractivity contribution is 0.0255. The number of nitrogens with one attached hydrogen (secondary N) is 1.